The lowest BCUT2D eigenvalue weighted by atomic mass is 10.1. The highest BCUT2D eigenvalue weighted by molar-refractivity contribution is 5.99. The van der Waals surface area contributed by atoms with E-state index in [9.17, 15) is 9.59 Å². The molecule has 1 heterocycles. The van der Waals surface area contributed by atoms with E-state index in [1.54, 1.807) is 35.9 Å². The van der Waals surface area contributed by atoms with E-state index in [1.165, 1.54) is 6.33 Å². The molecule has 0 bridgehead atoms. The molecule has 0 aliphatic carbocycles. The Morgan fingerprint density at radius 1 is 1.23 bits per heavy atom. The average molecular weight is 302 g/mol. The van der Waals surface area contributed by atoms with E-state index in [0.29, 0.717) is 18.1 Å². The molecule has 0 aliphatic rings. The van der Waals surface area contributed by atoms with Crippen LogP contribution >= 0.6 is 0 Å². The van der Waals surface area contributed by atoms with Gasteiger partial charge in [-0.1, -0.05) is 0 Å². The SMILES string of the molecule is CCOc1ccc(C(=O)CCC(=O)Nc2nncn2C)cc1. The topological polar surface area (TPSA) is 86.1 Å². The van der Waals surface area contributed by atoms with Gasteiger partial charge in [-0.05, 0) is 31.2 Å². The summed E-state index contributed by atoms with van der Waals surface area (Å²) in [6.45, 7) is 2.48. The maximum absolute atomic E-state index is 12.0. The first kappa shape index (κ1) is 15.7. The number of ether oxygens (including phenoxy) is 1. The van der Waals surface area contributed by atoms with Gasteiger partial charge in [-0.3, -0.25) is 14.9 Å². The van der Waals surface area contributed by atoms with Gasteiger partial charge in [0.1, 0.15) is 12.1 Å². The zero-order chi connectivity index (χ0) is 15.9. The fourth-order valence-corrected chi connectivity index (χ4v) is 1.86. The van der Waals surface area contributed by atoms with Crippen molar-refractivity contribution in [2.24, 2.45) is 7.05 Å². The molecule has 1 amide bonds. The lowest BCUT2D eigenvalue weighted by Gasteiger charge is -2.05. The quantitative estimate of drug-likeness (QED) is 0.788. The Hall–Kier alpha value is -2.70. The number of carbonyl (C=O) groups is 2. The van der Waals surface area contributed by atoms with Crippen molar-refractivity contribution in [3.63, 3.8) is 0 Å². The standard InChI is InChI=1S/C15H18N4O3/c1-3-22-12-6-4-11(5-7-12)13(20)8-9-14(21)17-15-18-16-10-19(15)2/h4-7,10H,3,8-9H2,1-2H3,(H,17,18,21). The summed E-state index contributed by atoms with van der Waals surface area (Å²) >= 11 is 0. The number of anilines is 1. The molecule has 0 radical (unpaired) electrons. The minimum absolute atomic E-state index is 0.0869. The van der Waals surface area contributed by atoms with Crippen LogP contribution in [0.15, 0.2) is 30.6 Å². The highest BCUT2D eigenvalue weighted by Gasteiger charge is 2.11. The van der Waals surface area contributed by atoms with Crippen LogP contribution in [-0.4, -0.2) is 33.1 Å². The van der Waals surface area contributed by atoms with Crippen molar-refractivity contribution >= 4 is 17.6 Å². The monoisotopic (exact) mass is 302 g/mol. The fourth-order valence-electron chi connectivity index (χ4n) is 1.86. The van der Waals surface area contributed by atoms with Gasteiger partial charge in [0, 0.05) is 25.5 Å². The zero-order valence-corrected chi connectivity index (χ0v) is 12.6. The van der Waals surface area contributed by atoms with Crippen LogP contribution in [0.3, 0.4) is 0 Å². The van der Waals surface area contributed by atoms with Gasteiger partial charge >= 0.3 is 0 Å². The molecule has 7 nitrogen and oxygen atoms in total. The third-order valence-corrected chi connectivity index (χ3v) is 3.03. The van der Waals surface area contributed by atoms with Gasteiger partial charge in [0.05, 0.1) is 6.61 Å². The Balaban J connectivity index is 1.84. The van der Waals surface area contributed by atoms with E-state index in [2.05, 4.69) is 15.5 Å². The van der Waals surface area contributed by atoms with E-state index in [1.807, 2.05) is 6.92 Å². The van der Waals surface area contributed by atoms with Gasteiger partial charge in [0.25, 0.3) is 0 Å². The number of ketones is 1. The average Bonchev–Trinajstić information content (AvgIpc) is 2.91. The Morgan fingerprint density at radius 3 is 2.55 bits per heavy atom. The molecule has 1 aromatic carbocycles. The van der Waals surface area contributed by atoms with Crippen LogP contribution in [0.25, 0.3) is 0 Å². The van der Waals surface area contributed by atoms with Crippen molar-refractivity contribution in [1.29, 1.82) is 0 Å². The number of aromatic nitrogens is 3. The Kier molecular flexibility index (Phi) is 5.24. The molecule has 0 saturated carbocycles. The molecule has 1 aromatic heterocycles. The van der Waals surface area contributed by atoms with Gasteiger partial charge in [-0.15, -0.1) is 10.2 Å². The maximum Gasteiger partial charge on any atom is 0.230 e. The highest BCUT2D eigenvalue weighted by atomic mass is 16.5. The Labute approximate surface area is 128 Å². The largest absolute Gasteiger partial charge is 0.494 e. The first-order chi connectivity index (χ1) is 10.6. The first-order valence-corrected chi connectivity index (χ1v) is 7.00. The molecule has 2 aromatic rings. The van der Waals surface area contributed by atoms with E-state index < -0.39 is 0 Å². The number of hydrogen-bond donors (Lipinski definition) is 1. The molecule has 116 valence electrons. The van der Waals surface area contributed by atoms with Crippen LogP contribution < -0.4 is 10.1 Å². The second-order valence-electron chi connectivity index (χ2n) is 4.69. The summed E-state index contributed by atoms with van der Waals surface area (Å²) in [5.41, 5.74) is 0.565. The summed E-state index contributed by atoms with van der Waals surface area (Å²) in [7, 11) is 1.72. The van der Waals surface area contributed by atoms with Crippen LogP contribution in [0.4, 0.5) is 5.95 Å². The molecule has 7 heteroatoms. The molecule has 0 fully saturated rings. The van der Waals surface area contributed by atoms with E-state index >= 15 is 0 Å². The summed E-state index contributed by atoms with van der Waals surface area (Å²) < 4.78 is 6.91. The van der Waals surface area contributed by atoms with Crippen LogP contribution in [-0.2, 0) is 11.8 Å². The molecule has 0 atom stereocenters. The van der Waals surface area contributed by atoms with Crippen LogP contribution in [0.5, 0.6) is 5.75 Å². The van der Waals surface area contributed by atoms with Gasteiger partial charge < -0.3 is 9.30 Å². The predicted octanol–water partition coefficient (Wildman–Crippen LogP) is 1.82. The lowest BCUT2D eigenvalue weighted by molar-refractivity contribution is -0.116. The summed E-state index contributed by atoms with van der Waals surface area (Å²) in [5, 5.41) is 10.0. The van der Waals surface area contributed by atoms with Crippen molar-refractivity contribution in [1.82, 2.24) is 14.8 Å². The Morgan fingerprint density at radius 2 is 1.95 bits per heavy atom. The number of nitrogens with one attached hydrogen (secondary N) is 1. The van der Waals surface area contributed by atoms with E-state index in [0.717, 1.165) is 5.75 Å². The first-order valence-electron chi connectivity index (χ1n) is 7.00. The lowest BCUT2D eigenvalue weighted by Crippen LogP contribution is -2.16. The van der Waals surface area contributed by atoms with Gasteiger partial charge in [0.2, 0.25) is 11.9 Å². The molecule has 1 N–H and O–H groups in total. The summed E-state index contributed by atoms with van der Waals surface area (Å²) in [5.74, 6) is 0.726. The molecule has 22 heavy (non-hydrogen) atoms. The normalized spacial score (nSPS) is 10.3. The number of aryl methyl sites for hydroxylation is 1. The van der Waals surface area contributed by atoms with Gasteiger partial charge in [-0.2, -0.15) is 0 Å². The van der Waals surface area contributed by atoms with Crippen molar-refractivity contribution < 1.29 is 14.3 Å². The highest BCUT2D eigenvalue weighted by Crippen LogP contribution is 2.14. The number of amides is 1. The minimum Gasteiger partial charge on any atom is -0.494 e. The van der Waals surface area contributed by atoms with Crippen LogP contribution in [0.2, 0.25) is 0 Å². The van der Waals surface area contributed by atoms with E-state index in [-0.39, 0.29) is 24.5 Å². The minimum atomic E-state index is -0.268. The van der Waals surface area contributed by atoms with Crippen LogP contribution in [0, 0.1) is 0 Å². The summed E-state index contributed by atoms with van der Waals surface area (Å²) in [6, 6.07) is 6.90. The predicted molar refractivity (Wildman–Crippen MR) is 80.8 cm³/mol. The molecule has 0 spiro atoms. The third kappa shape index (κ3) is 4.15. The van der Waals surface area contributed by atoms with Crippen molar-refractivity contribution in [3.05, 3.63) is 36.2 Å². The van der Waals surface area contributed by atoms with Crippen molar-refractivity contribution in [2.45, 2.75) is 19.8 Å². The fraction of sp³-hybridized carbons (Fsp3) is 0.333. The number of Topliss-reactive ketones (excluding diaryl/α,β-unsaturated/α-hetero) is 1. The molecule has 0 saturated heterocycles. The molecule has 2 rings (SSSR count). The smallest absolute Gasteiger partial charge is 0.230 e. The van der Waals surface area contributed by atoms with Crippen molar-refractivity contribution in [3.8, 4) is 5.75 Å². The molecular weight excluding hydrogens is 284 g/mol. The number of hydrogen-bond acceptors (Lipinski definition) is 5. The summed E-state index contributed by atoms with van der Waals surface area (Å²) in [4.78, 5) is 23.8. The second kappa shape index (κ2) is 7.35. The number of benzene rings is 1. The van der Waals surface area contributed by atoms with Crippen molar-refractivity contribution in [2.75, 3.05) is 11.9 Å². The van der Waals surface area contributed by atoms with E-state index in [4.69, 9.17) is 4.74 Å². The van der Waals surface area contributed by atoms with Gasteiger partial charge in [-0.25, -0.2) is 0 Å². The number of nitrogens with zero attached hydrogens (tertiary/aromatic N) is 3. The zero-order valence-electron chi connectivity index (χ0n) is 12.6. The Bertz CT molecular complexity index is 649. The summed E-state index contributed by atoms with van der Waals surface area (Å²) in [6.07, 6.45) is 1.72. The van der Waals surface area contributed by atoms with Gasteiger partial charge in [0.15, 0.2) is 5.78 Å². The maximum atomic E-state index is 12.0. The van der Waals surface area contributed by atoms with Crippen LogP contribution in [0.1, 0.15) is 30.1 Å². The number of carbonyl (C=O) groups excluding carboxylic acids is 2. The number of rotatable bonds is 7. The molecule has 0 unspecified atom stereocenters. The second-order valence-corrected chi connectivity index (χ2v) is 4.69. The molecule has 0 aliphatic heterocycles. The molecular formula is C15H18N4O3. The third-order valence-electron chi connectivity index (χ3n) is 3.03.